The van der Waals surface area contributed by atoms with Gasteiger partial charge < -0.3 is 9.88 Å². The van der Waals surface area contributed by atoms with E-state index in [1.807, 2.05) is 35.0 Å². The molecular formula is C23H27N3O3S. The van der Waals surface area contributed by atoms with Crippen LogP contribution in [0, 0.1) is 0 Å². The number of nitrogens with one attached hydrogen (secondary N) is 1. The van der Waals surface area contributed by atoms with Gasteiger partial charge in [-0.15, -0.1) is 0 Å². The van der Waals surface area contributed by atoms with Crippen molar-refractivity contribution in [1.82, 2.24) is 14.2 Å². The highest BCUT2D eigenvalue weighted by atomic mass is 32.2. The first-order chi connectivity index (χ1) is 14.4. The van der Waals surface area contributed by atoms with Gasteiger partial charge in [0.1, 0.15) is 6.54 Å². The molecule has 1 aliphatic rings. The van der Waals surface area contributed by atoms with Gasteiger partial charge in [-0.05, 0) is 48.6 Å². The second-order valence-electron chi connectivity index (χ2n) is 7.89. The molecule has 0 unspecified atom stereocenters. The maximum absolute atomic E-state index is 12.8. The van der Waals surface area contributed by atoms with Crippen LogP contribution in [0.15, 0.2) is 65.7 Å². The van der Waals surface area contributed by atoms with Gasteiger partial charge in [-0.25, -0.2) is 8.42 Å². The Morgan fingerprint density at radius 1 is 1.07 bits per heavy atom. The van der Waals surface area contributed by atoms with Crippen molar-refractivity contribution in [2.24, 2.45) is 0 Å². The number of fused-ring (bicyclic) bond motifs is 1. The van der Waals surface area contributed by atoms with E-state index in [1.54, 1.807) is 22.5 Å². The van der Waals surface area contributed by atoms with Gasteiger partial charge in [0.2, 0.25) is 15.9 Å². The van der Waals surface area contributed by atoms with Crippen molar-refractivity contribution in [3.05, 3.63) is 66.4 Å². The van der Waals surface area contributed by atoms with E-state index < -0.39 is 10.0 Å². The first-order valence-corrected chi connectivity index (χ1v) is 11.8. The van der Waals surface area contributed by atoms with E-state index in [9.17, 15) is 13.2 Å². The number of rotatable bonds is 7. The topological polar surface area (TPSA) is 71.4 Å². The normalized spacial score (nSPS) is 16.0. The molecule has 0 bridgehead atoms. The third-order valence-corrected chi connectivity index (χ3v) is 7.63. The van der Waals surface area contributed by atoms with Crippen molar-refractivity contribution in [2.45, 2.75) is 37.1 Å². The van der Waals surface area contributed by atoms with E-state index in [2.05, 4.69) is 24.4 Å². The van der Waals surface area contributed by atoms with Gasteiger partial charge in [0.15, 0.2) is 0 Å². The van der Waals surface area contributed by atoms with E-state index in [0.29, 0.717) is 24.5 Å². The Labute approximate surface area is 177 Å². The van der Waals surface area contributed by atoms with Crippen LogP contribution in [-0.4, -0.2) is 42.8 Å². The zero-order valence-corrected chi connectivity index (χ0v) is 17.9. The maximum Gasteiger partial charge on any atom is 0.243 e. The molecule has 1 fully saturated rings. The number of hydrogen-bond donors (Lipinski definition) is 1. The predicted octanol–water partition coefficient (Wildman–Crippen LogP) is 3.35. The lowest BCUT2D eigenvalue weighted by Gasteiger charge is -2.16. The molecule has 0 spiro atoms. The fourth-order valence-electron chi connectivity index (χ4n) is 3.93. The van der Waals surface area contributed by atoms with Crippen molar-refractivity contribution in [1.29, 1.82) is 0 Å². The number of carbonyl (C=O) groups is 1. The molecule has 1 saturated heterocycles. The van der Waals surface area contributed by atoms with Gasteiger partial charge in [-0.2, -0.15) is 4.31 Å². The average molecular weight is 426 g/mol. The minimum Gasteiger partial charge on any atom is -0.354 e. The van der Waals surface area contributed by atoms with Crippen molar-refractivity contribution in [3.63, 3.8) is 0 Å². The van der Waals surface area contributed by atoms with Crippen LogP contribution in [0.1, 0.15) is 31.2 Å². The molecule has 2 aromatic carbocycles. The molecule has 3 aromatic rings. The summed E-state index contributed by atoms with van der Waals surface area (Å²) in [5, 5.41) is 3.81. The van der Waals surface area contributed by atoms with Crippen LogP contribution in [0.5, 0.6) is 0 Å². The minimum atomic E-state index is -3.44. The van der Waals surface area contributed by atoms with Crippen LogP contribution in [0.2, 0.25) is 0 Å². The molecule has 1 aromatic heterocycles. The summed E-state index contributed by atoms with van der Waals surface area (Å²) in [5.41, 5.74) is 2.04. The summed E-state index contributed by atoms with van der Waals surface area (Å²) < 4.78 is 29.0. The number of amides is 1. The van der Waals surface area contributed by atoms with E-state index in [-0.39, 0.29) is 18.4 Å². The molecular weight excluding hydrogens is 398 g/mol. The number of aromatic nitrogens is 1. The fraction of sp³-hybridized carbons (Fsp3) is 0.348. The lowest BCUT2D eigenvalue weighted by Crippen LogP contribution is -2.30. The molecule has 0 radical (unpaired) electrons. The molecule has 4 rings (SSSR count). The van der Waals surface area contributed by atoms with Crippen molar-refractivity contribution in [3.8, 4) is 0 Å². The van der Waals surface area contributed by atoms with Gasteiger partial charge >= 0.3 is 0 Å². The minimum absolute atomic E-state index is 0.0657. The molecule has 0 saturated carbocycles. The second kappa shape index (κ2) is 8.62. The molecule has 2 heterocycles. The summed E-state index contributed by atoms with van der Waals surface area (Å²) in [4.78, 5) is 12.8. The first-order valence-electron chi connectivity index (χ1n) is 10.4. The van der Waals surface area contributed by atoms with Crippen LogP contribution in [-0.2, 0) is 21.4 Å². The summed E-state index contributed by atoms with van der Waals surface area (Å²) in [6, 6.07) is 17.1. The third kappa shape index (κ3) is 4.27. The first kappa shape index (κ1) is 20.6. The largest absolute Gasteiger partial charge is 0.354 e. The Kier molecular flexibility index (Phi) is 5.92. The van der Waals surface area contributed by atoms with E-state index >= 15 is 0 Å². The smallest absolute Gasteiger partial charge is 0.243 e. The molecule has 30 heavy (non-hydrogen) atoms. The third-order valence-electron chi connectivity index (χ3n) is 5.73. The van der Waals surface area contributed by atoms with Gasteiger partial charge in [0, 0.05) is 36.7 Å². The summed E-state index contributed by atoms with van der Waals surface area (Å²) in [5.74, 6) is 0.166. The van der Waals surface area contributed by atoms with Gasteiger partial charge in [-0.1, -0.05) is 37.3 Å². The summed E-state index contributed by atoms with van der Waals surface area (Å²) in [6.45, 7) is 4.03. The second-order valence-corrected chi connectivity index (χ2v) is 9.83. The average Bonchev–Trinajstić information content (AvgIpc) is 3.43. The molecule has 7 heteroatoms. The standard InChI is InChI=1S/C23H27N3O3S/c1-18(19-7-3-2-4-8-19)16-24-23(27)17-25-14-11-20-15-21(9-10-22(20)25)30(28,29)26-12-5-6-13-26/h2-4,7-11,14-15,18H,5-6,12-13,16-17H2,1H3,(H,24,27)/t18-/m1/s1. The Balaban J connectivity index is 1.43. The Bertz CT molecular complexity index is 1130. The summed E-state index contributed by atoms with van der Waals surface area (Å²) in [7, 11) is -3.44. The number of hydrogen-bond acceptors (Lipinski definition) is 3. The van der Waals surface area contributed by atoms with Crippen LogP contribution >= 0.6 is 0 Å². The van der Waals surface area contributed by atoms with Crippen LogP contribution in [0.3, 0.4) is 0 Å². The quantitative estimate of drug-likeness (QED) is 0.631. The SMILES string of the molecule is C[C@H](CNC(=O)Cn1ccc2cc(S(=O)(=O)N3CCCC3)ccc21)c1ccccc1. The molecule has 1 amide bonds. The number of nitrogens with zero attached hydrogens (tertiary/aromatic N) is 2. The number of sulfonamides is 1. The molecule has 0 aliphatic carbocycles. The zero-order chi connectivity index (χ0) is 21.1. The van der Waals surface area contributed by atoms with Crippen LogP contribution in [0.4, 0.5) is 0 Å². The summed E-state index contributed by atoms with van der Waals surface area (Å²) >= 11 is 0. The van der Waals surface area contributed by atoms with Gasteiger partial charge in [0.25, 0.3) is 0 Å². The van der Waals surface area contributed by atoms with Crippen molar-refractivity contribution >= 4 is 26.8 Å². The van der Waals surface area contributed by atoms with Crippen molar-refractivity contribution in [2.75, 3.05) is 19.6 Å². The molecule has 1 atom stereocenters. The highest BCUT2D eigenvalue weighted by molar-refractivity contribution is 7.89. The monoisotopic (exact) mass is 425 g/mol. The molecule has 158 valence electrons. The van der Waals surface area contributed by atoms with Crippen LogP contribution < -0.4 is 5.32 Å². The molecule has 1 aliphatic heterocycles. The Morgan fingerprint density at radius 3 is 2.53 bits per heavy atom. The van der Waals surface area contributed by atoms with E-state index in [1.165, 1.54) is 5.56 Å². The lowest BCUT2D eigenvalue weighted by molar-refractivity contribution is -0.121. The highest BCUT2D eigenvalue weighted by Gasteiger charge is 2.27. The van der Waals surface area contributed by atoms with Crippen LogP contribution in [0.25, 0.3) is 10.9 Å². The predicted molar refractivity (Wildman–Crippen MR) is 118 cm³/mol. The highest BCUT2D eigenvalue weighted by Crippen LogP contribution is 2.25. The molecule has 6 nitrogen and oxygen atoms in total. The van der Waals surface area contributed by atoms with Gasteiger partial charge in [0.05, 0.1) is 4.90 Å². The lowest BCUT2D eigenvalue weighted by atomic mass is 10.0. The summed E-state index contributed by atoms with van der Waals surface area (Å²) in [6.07, 6.45) is 3.66. The van der Waals surface area contributed by atoms with Crippen molar-refractivity contribution < 1.29 is 13.2 Å². The van der Waals surface area contributed by atoms with E-state index in [4.69, 9.17) is 0 Å². The zero-order valence-electron chi connectivity index (χ0n) is 17.1. The Morgan fingerprint density at radius 2 is 1.80 bits per heavy atom. The number of carbonyl (C=O) groups excluding carboxylic acids is 1. The van der Waals surface area contributed by atoms with E-state index in [0.717, 1.165) is 23.7 Å². The number of benzene rings is 2. The van der Waals surface area contributed by atoms with Gasteiger partial charge in [-0.3, -0.25) is 4.79 Å². The molecule has 1 N–H and O–H groups in total. The fourth-order valence-corrected chi connectivity index (χ4v) is 5.48. The Hall–Kier alpha value is -2.64. The maximum atomic E-state index is 12.8.